The van der Waals surface area contributed by atoms with Crippen LogP contribution in [0.4, 0.5) is 4.79 Å². The molecule has 9 heteroatoms. The Morgan fingerprint density at radius 3 is 2.23 bits per heavy atom. The molecule has 2 aromatic carbocycles. The number of carbonyl (C=O) groups is 2. The minimum atomic E-state index is -4.28. The average molecular weight is 505 g/mol. The van der Waals surface area contributed by atoms with Gasteiger partial charge < -0.3 is 19.1 Å². The monoisotopic (exact) mass is 504 g/mol. The number of hydrogen-bond donors (Lipinski definition) is 1. The number of carbonyl (C=O) groups excluding carboxylic acids is 2. The summed E-state index contributed by atoms with van der Waals surface area (Å²) in [7, 11) is -4.28. The smallest absolute Gasteiger partial charge is 0.340 e. The van der Waals surface area contributed by atoms with Gasteiger partial charge in [-0.1, -0.05) is 37.6 Å². The van der Waals surface area contributed by atoms with E-state index < -0.39 is 16.1 Å². The van der Waals surface area contributed by atoms with Gasteiger partial charge in [-0.25, -0.2) is 9.59 Å². The van der Waals surface area contributed by atoms with E-state index in [1.807, 2.05) is 41.5 Å². The van der Waals surface area contributed by atoms with Crippen molar-refractivity contribution < 1.29 is 26.9 Å². The molecule has 0 atom stereocenters. The number of hydrogen-bond acceptors (Lipinski definition) is 6. The number of amides is 2. The zero-order valence-corrected chi connectivity index (χ0v) is 22.1. The van der Waals surface area contributed by atoms with Crippen LogP contribution in [0.15, 0.2) is 53.4 Å². The van der Waals surface area contributed by atoms with E-state index in [1.54, 1.807) is 23.1 Å². The van der Waals surface area contributed by atoms with Crippen molar-refractivity contribution in [3.63, 3.8) is 0 Å². The number of rotatable bonds is 10. The number of nitrogens with one attached hydrogen (secondary N) is 1. The van der Waals surface area contributed by atoms with Gasteiger partial charge in [0.05, 0.1) is 12.2 Å². The van der Waals surface area contributed by atoms with Crippen LogP contribution in [-0.2, 0) is 21.4 Å². The van der Waals surface area contributed by atoms with Gasteiger partial charge in [-0.05, 0) is 70.9 Å². The van der Waals surface area contributed by atoms with Crippen molar-refractivity contribution >= 4 is 22.1 Å². The lowest BCUT2D eigenvalue weighted by Gasteiger charge is -2.31. The van der Waals surface area contributed by atoms with Gasteiger partial charge in [-0.2, -0.15) is 8.42 Å². The van der Waals surface area contributed by atoms with E-state index in [9.17, 15) is 18.0 Å². The molecule has 2 amide bonds. The SMILES string of the molecule is CCCCOC(=O)c1ccccc1S(=O)(=O)Oc1ccc(CN(C(=O)NC(C)(C)C)C(C)C)cc1. The van der Waals surface area contributed by atoms with Crippen LogP contribution in [-0.4, -0.2) is 43.5 Å². The zero-order valence-electron chi connectivity index (χ0n) is 21.3. The molecular formula is C26H36N2O6S. The van der Waals surface area contributed by atoms with Crippen LogP contribution in [0.3, 0.4) is 0 Å². The van der Waals surface area contributed by atoms with Crippen LogP contribution in [0.1, 0.15) is 70.3 Å². The average Bonchev–Trinajstić information content (AvgIpc) is 2.77. The largest absolute Gasteiger partial charge is 0.462 e. The van der Waals surface area contributed by atoms with Gasteiger partial charge in [0.25, 0.3) is 0 Å². The summed E-state index contributed by atoms with van der Waals surface area (Å²) in [5.41, 5.74) is 0.375. The summed E-state index contributed by atoms with van der Waals surface area (Å²) in [5, 5.41) is 2.96. The second-order valence-electron chi connectivity index (χ2n) is 9.57. The zero-order chi connectivity index (χ0) is 26.2. The molecule has 2 rings (SSSR count). The molecule has 0 unspecified atom stereocenters. The van der Waals surface area contributed by atoms with Gasteiger partial charge in [0.2, 0.25) is 0 Å². The van der Waals surface area contributed by atoms with E-state index in [0.717, 1.165) is 12.0 Å². The number of esters is 1. The van der Waals surface area contributed by atoms with Crippen molar-refractivity contribution in [1.29, 1.82) is 0 Å². The van der Waals surface area contributed by atoms with Crippen LogP contribution in [0, 0.1) is 0 Å². The third-order valence-corrected chi connectivity index (χ3v) is 6.26. The van der Waals surface area contributed by atoms with Crippen molar-refractivity contribution in [3.05, 3.63) is 59.7 Å². The van der Waals surface area contributed by atoms with E-state index in [0.29, 0.717) is 13.0 Å². The van der Waals surface area contributed by atoms with Crippen molar-refractivity contribution in [1.82, 2.24) is 10.2 Å². The topological polar surface area (TPSA) is 102 Å². The van der Waals surface area contributed by atoms with Gasteiger partial charge in [0, 0.05) is 18.1 Å². The molecule has 8 nitrogen and oxygen atoms in total. The quantitative estimate of drug-likeness (QED) is 0.273. The molecule has 35 heavy (non-hydrogen) atoms. The fourth-order valence-electron chi connectivity index (χ4n) is 3.14. The van der Waals surface area contributed by atoms with Crippen molar-refractivity contribution in [2.45, 2.75) is 77.4 Å². The molecule has 0 aliphatic rings. The molecule has 192 valence electrons. The first-order valence-electron chi connectivity index (χ1n) is 11.7. The molecule has 0 saturated heterocycles. The summed E-state index contributed by atoms with van der Waals surface area (Å²) >= 11 is 0. The molecule has 0 aromatic heterocycles. The molecule has 2 aromatic rings. The van der Waals surface area contributed by atoms with Gasteiger partial charge in [-0.3, -0.25) is 0 Å². The van der Waals surface area contributed by atoms with E-state index in [2.05, 4.69) is 5.32 Å². The lowest BCUT2D eigenvalue weighted by molar-refractivity contribution is 0.0495. The van der Waals surface area contributed by atoms with E-state index in [4.69, 9.17) is 8.92 Å². The number of unbranched alkanes of at least 4 members (excludes halogenated alkanes) is 1. The van der Waals surface area contributed by atoms with E-state index >= 15 is 0 Å². The van der Waals surface area contributed by atoms with Gasteiger partial charge >= 0.3 is 22.1 Å². The summed E-state index contributed by atoms with van der Waals surface area (Å²) < 4.78 is 36.4. The Bertz CT molecular complexity index is 1110. The Morgan fingerprint density at radius 2 is 1.66 bits per heavy atom. The Morgan fingerprint density at radius 1 is 1.03 bits per heavy atom. The fraction of sp³-hybridized carbons (Fsp3) is 0.462. The van der Waals surface area contributed by atoms with Crippen molar-refractivity contribution in [2.24, 2.45) is 0 Å². The molecule has 1 N–H and O–H groups in total. The highest BCUT2D eigenvalue weighted by atomic mass is 32.2. The Labute approximate surface area is 208 Å². The predicted molar refractivity (Wildman–Crippen MR) is 135 cm³/mol. The van der Waals surface area contributed by atoms with Crippen molar-refractivity contribution in [3.8, 4) is 5.75 Å². The second-order valence-corrected chi connectivity index (χ2v) is 11.1. The molecule has 0 aliphatic heterocycles. The van der Waals surface area contributed by atoms with Crippen LogP contribution in [0.2, 0.25) is 0 Å². The second kappa shape index (κ2) is 12.1. The molecule has 0 bridgehead atoms. The summed E-state index contributed by atoms with van der Waals surface area (Å²) in [6.07, 6.45) is 1.54. The minimum absolute atomic E-state index is 0.0396. The molecular weight excluding hydrogens is 468 g/mol. The first-order chi connectivity index (χ1) is 16.3. The third kappa shape index (κ3) is 8.58. The lowest BCUT2D eigenvalue weighted by atomic mass is 10.1. The van der Waals surface area contributed by atoms with E-state index in [1.165, 1.54) is 30.3 Å². The maximum atomic E-state index is 12.9. The van der Waals surface area contributed by atoms with Crippen molar-refractivity contribution in [2.75, 3.05) is 6.61 Å². The summed E-state index contributed by atoms with van der Waals surface area (Å²) in [4.78, 5) is 26.5. The summed E-state index contributed by atoms with van der Waals surface area (Å²) in [6, 6.07) is 12.0. The highest BCUT2D eigenvalue weighted by Crippen LogP contribution is 2.23. The highest BCUT2D eigenvalue weighted by molar-refractivity contribution is 7.87. The molecule has 0 spiro atoms. The van der Waals surface area contributed by atoms with Gasteiger partial charge in [-0.15, -0.1) is 0 Å². The normalized spacial score (nSPS) is 11.7. The van der Waals surface area contributed by atoms with Crippen LogP contribution >= 0.6 is 0 Å². The van der Waals surface area contributed by atoms with Crippen LogP contribution in [0.5, 0.6) is 5.75 Å². The number of urea groups is 1. The van der Waals surface area contributed by atoms with Crippen LogP contribution < -0.4 is 9.50 Å². The summed E-state index contributed by atoms with van der Waals surface area (Å²) in [5.74, 6) is -0.614. The molecule has 0 fully saturated rings. The fourth-order valence-corrected chi connectivity index (χ4v) is 4.26. The standard InChI is InChI=1S/C26H36N2O6S/c1-7-8-17-33-24(29)22-11-9-10-12-23(22)35(31,32)34-21-15-13-20(14-16-21)18-28(19(2)3)25(30)27-26(4,5)6/h9-16,19H,7-8,17-18H2,1-6H3,(H,27,30). The first kappa shape index (κ1) is 28.2. The van der Waals surface area contributed by atoms with E-state index in [-0.39, 0.29) is 40.4 Å². The molecule has 0 heterocycles. The Kier molecular flexibility index (Phi) is 9.71. The Hall–Kier alpha value is -3.07. The number of nitrogens with zero attached hydrogens (tertiary/aromatic N) is 1. The van der Waals surface area contributed by atoms with Gasteiger partial charge in [0.1, 0.15) is 10.6 Å². The Balaban J connectivity index is 2.16. The maximum Gasteiger partial charge on any atom is 0.340 e. The predicted octanol–water partition coefficient (Wildman–Crippen LogP) is 5.13. The van der Waals surface area contributed by atoms with Gasteiger partial charge in [0.15, 0.2) is 0 Å². The maximum absolute atomic E-state index is 12.9. The molecule has 0 saturated carbocycles. The lowest BCUT2D eigenvalue weighted by Crippen LogP contribution is -2.50. The highest BCUT2D eigenvalue weighted by Gasteiger charge is 2.25. The van der Waals surface area contributed by atoms with Crippen LogP contribution in [0.25, 0.3) is 0 Å². The number of benzene rings is 2. The number of ether oxygens (including phenoxy) is 1. The third-order valence-electron chi connectivity index (χ3n) is 4.96. The minimum Gasteiger partial charge on any atom is -0.462 e. The first-order valence-corrected chi connectivity index (χ1v) is 13.1. The summed E-state index contributed by atoms with van der Waals surface area (Å²) in [6.45, 7) is 12.1. The molecule has 0 radical (unpaired) electrons. The molecule has 0 aliphatic carbocycles.